The lowest BCUT2D eigenvalue weighted by atomic mass is 9.96. The molecule has 9 nitrogen and oxygen atoms in total. The van der Waals surface area contributed by atoms with Gasteiger partial charge in [-0.25, -0.2) is 4.98 Å². The van der Waals surface area contributed by atoms with Gasteiger partial charge in [0.05, 0.1) is 27.2 Å². The monoisotopic (exact) mass is 470 g/mol. The van der Waals surface area contributed by atoms with E-state index >= 15 is 0 Å². The van der Waals surface area contributed by atoms with Crippen LogP contribution in [-0.2, 0) is 4.79 Å². The Bertz CT molecular complexity index is 984. The van der Waals surface area contributed by atoms with Crippen molar-refractivity contribution < 1.29 is 23.8 Å². The number of pyridine rings is 1. The molecule has 1 aliphatic rings. The molecular formula is C25H34N4O5. The molecule has 1 fully saturated rings. The van der Waals surface area contributed by atoms with Crippen LogP contribution in [0.15, 0.2) is 30.5 Å². The Morgan fingerprint density at radius 2 is 1.76 bits per heavy atom. The van der Waals surface area contributed by atoms with Crippen molar-refractivity contribution in [2.75, 3.05) is 57.7 Å². The van der Waals surface area contributed by atoms with Gasteiger partial charge in [0.1, 0.15) is 5.82 Å². The molecule has 0 saturated carbocycles. The minimum atomic E-state index is -0.286. The quantitative estimate of drug-likeness (QED) is 0.600. The van der Waals surface area contributed by atoms with Crippen LogP contribution in [0.1, 0.15) is 37.0 Å². The van der Waals surface area contributed by atoms with E-state index in [1.54, 1.807) is 30.5 Å². The van der Waals surface area contributed by atoms with Gasteiger partial charge in [0.2, 0.25) is 11.7 Å². The number of piperidine rings is 1. The van der Waals surface area contributed by atoms with E-state index in [2.05, 4.69) is 15.2 Å². The van der Waals surface area contributed by atoms with Crippen LogP contribution < -0.4 is 24.4 Å². The molecule has 1 aromatic carbocycles. The Labute approximate surface area is 201 Å². The van der Waals surface area contributed by atoms with Gasteiger partial charge in [0, 0.05) is 55.8 Å². The highest BCUT2D eigenvalue weighted by Crippen LogP contribution is 2.40. The molecular weight excluding hydrogens is 436 g/mol. The fourth-order valence-electron chi connectivity index (χ4n) is 4.27. The molecule has 9 heteroatoms. The zero-order valence-corrected chi connectivity index (χ0v) is 20.6. The van der Waals surface area contributed by atoms with Gasteiger partial charge >= 0.3 is 0 Å². The largest absolute Gasteiger partial charge is 0.493 e. The van der Waals surface area contributed by atoms with Crippen molar-refractivity contribution in [3.05, 3.63) is 36.0 Å². The van der Waals surface area contributed by atoms with E-state index in [-0.39, 0.29) is 17.7 Å². The number of nitrogens with one attached hydrogen (secondary N) is 1. The number of amides is 2. The molecule has 1 unspecified atom stereocenters. The van der Waals surface area contributed by atoms with Crippen molar-refractivity contribution >= 4 is 23.3 Å². The summed E-state index contributed by atoms with van der Waals surface area (Å²) >= 11 is 0. The second-order valence-corrected chi connectivity index (χ2v) is 8.07. The number of aromatic nitrogens is 1. The molecule has 1 saturated heterocycles. The Kier molecular flexibility index (Phi) is 8.56. The molecule has 2 amide bonds. The van der Waals surface area contributed by atoms with Gasteiger partial charge in [-0.05, 0) is 38.8 Å². The summed E-state index contributed by atoms with van der Waals surface area (Å²) in [7, 11) is 4.57. The lowest BCUT2D eigenvalue weighted by Crippen LogP contribution is -2.45. The van der Waals surface area contributed by atoms with Gasteiger partial charge in [-0.3, -0.25) is 9.59 Å². The van der Waals surface area contributed by atoms with Crippen LogP contribution in [0.3, 0.4) is 0 Å². The summed E-state index contributed by atoms with van der Waals surface area (Å²) in [6, 6.07) is 6.78. The summed E-state index contributed by atoms with van der Waals surface area (Å²) in [4.78, 5) is 34.3. The zero-order valence-electron chi connectivity index (χ0n) is 20.6. The zero-order chi connectivity index (χ0) is 24.7. The van der Waals surface area contributed by atoms with E-state index < -0.39 is 0 Å². The first-order valence-electron chi connectivity index (χ1n) is 11.6. The Balaban J connectivity index is 1.76. The fourth-order valence-corrected chi connectivity index (χ4v) is 4.27. The molecule has 1 aromatic heterocycles. The Morgan fingerprint density at radius 1 is 1.09 bits per heavy atom. The number of nitrogens with zero attached hydrogens (tertiary/aromatic N) is 3. The lowest BCUT2D eigenvalue weighted by Gasteiger charge is -2.35. The van der Waals surface area contributed by atoms with Gasteiger partial charge in [-0.15, -0.1) is 0 Å². The predicted octanol–water partition coefficient (Wildman–Crippen LogP) is 3.44. The summed E-state index contributed by atoms with van der Waals surface area (Å²) in [5, 5.41) is 2.88. The second-order valence-electron chi connectivity index (χ2n) is 8.07. The number of hydrogen-bond donors (Lipinski definition) is 1. The second kappa shape index (κ2) is 11.6. The molecule has 0 radical (unpaired) electrons. The first-order valence-corrected chi connectivity index (χ1v) is 11.6. The van der Waals surface area contributed by atoms with E-state index in [4.69, 9.17) is 14.2 Å². The summed E-state index contributed by atoms with van der Waals surface area (Å²) in [6.07, 6.45) is 3.39. The van der Waals surface area contributed by atoms with E-state index in [9.17, 15) is 9.59 Å². The Morgan fingerprint density at radius 3 is 2.35 bits per heavy atom. The van der Waals surface area contributed by atoms with Crippen molar-refractivity contribution in [2.45, 2.75) is 26.7 Å². The number of carbonyl (C=O) groups is 2. The molecule has 184 valence electrons. The van der Waals surface area contributed by atoms with Crippen molar-refractivity contribution in [3.8, 4) is 17.2 Å². The molecule has 2 aromatic rings. The van der Waals surface area contributed by atoms with Crippen LogP contribution in [-0.4, -0.2) is 69.2 Å². The molecule has 0 aliphatic carbocycles. The average Bonchev–Trinajstić information content (AvgIpc) is 2.88. The van der Waals surface area contributed by atoms with Crippen LogP contribution in [0.2, 0.25) is 0 Å². The molecule has 0 bridgehead atoms. The molecule has 1 atom stereocenters. The smallest absolute Gasteiger partial charge is 0.255 e. The number of ether oxygens (including phenoxy) is 3. The molecule has 3 rings (SSSR count). The maximum Gasteiger partial charge on any atom is 0.255 e. The Hall–Kier alpha value is -3.49. The highest BCUT2D eigenvalue weighted by Gasteiger charge is 2.29. The van der Waals surface area contributed by atoms with Gasteiger partial charge in [0.15, 0.2) is 11.5 Å². The molecule has 1 aliphatic heterocycles. The topological polar surface area (TPSA) is 93.2 Å². The number of carbonyl (C=O) groups excluding carboxylic acids is 2. The number of anilines is 2. The standard InChI is InChI=1S/C25H34N4O5/c1-6-28(7-2)25(31)18-9-8-12-29(16-18)22-13-17(10-11-26-22)24(30)27-19-14-20(32-3)23(34-5)21(15-19)33-4/h10-11,13-15,18H,6-9,12,16H2,1-5H3,(H,27,30). The number of benzene rings is 1. The van der Waals surface area contributed by atoms with Crippen molar-refractivity contribution in [1.82, 2.24) is 9.88 Å². The lowest BCUT2D eigenvalue weighted by molar-refractivity contribution is -0.135. The molecule has 0 spiro atoms. The molecule has 34 heavy (non-hydrogen) atoms. The third-order valence-corrected chi connectivity index (χ3v) is 6.10. The predicted molar refractivity (Wildman–Crippen MR) is 131 cm³/mol. The van der Waals surface area contributed by atoms with E-state index in [1.807, 2.05) is 18.7 Å². The van der Waals surface area contributed by atoms with Gasteiger partial charge < -0.3 is 29.3 Å². The van der Waals surface area contributed by atoms with Crippen LogP contribution in [0.25, 0.3) is 0 Å². The minimum absolute atomic E-state index is 0.0628. The minimum Gasteiger partial charge on any atom is -0.493 e. The highest BCUT2D eigenvalue weighted by molar-refractivity contribution is 6.05. The van der Waals surface area contributed by atoms with E-state index in [0.717, 1.165) is 19.4 Å². The number of methoxy groups -OCH3 is 3. The van der Waals surface area contributed by atoms with Crippen LogP contribution in [0, 0.1) is 5.92 Å². The maximum atomic E-state index is 13.0. The maximum absolute atomic E-state index is 13.0. The first-order chi connectivity index (χ1) is 16.4. The highest BCUT2D eigenvalue weighted by atomic mass is 16.5. The van der Waals surface area contributed by atoms with Crippen molar-refractivity contribution in [3.63, 3.8) is 0 Å². The summed E-state index contributed by atoms with van der Waals surface area (Å²) in [5.41, 5.74) is 0.983. The molecule has 2 heterocycles. The third-order valence-electron chi connectivity index (χ3n) is 6.10. The van der Waals surface area contributed by atoms with Crippen molar-refractivity contribution in [1.29, 1.82) is 0 Å². The summed E-state index contributed by atoms with van der Waals surface area (Å²) in [6.45, 7) is 6.81. The van der Waals surface area contributed by atoms with E-state index in [0.29, 0.717) is 54.0 Å². The third kappa shape index (κ3) is 5.52. The number of hydrogen-bond acceptors (Lipinski definition) is 7. The normalized spacial score (nSPS) is 15.4. The van der Waals surface area contributed by atoms with Gasteiger partial charge in [0.25, 0.3) is 5.91 Å². The van der Waals surface area contributed by atoms with Crippen molar-refractivity contribution in [2.24, 2.45) is 5.92 Å². The van der Waals surface area contributed by atoms with E-state index in [1.165, 1.54) is 21.3 Å². The van der Waals surface area contributed by atoms with Crippen LogP contribution in [0.4, 0.5) is 11.5 Å². The summed E-state index contributed by atoms with van der Waals surface area (Å²) < 4.78 is 16.1. The fraction of sp³-hybridized carbons (Fsp3) is 0.480. The number of rotatable bonds is 9. The first kappa shape index (κ1) is 25.1. The summed E-state index contributed by atoms with van der Waals surface area (Å²) in [5.74, 6) is 1.88. The average molecular weight is 471 g/mol. The van der Waals surface area contributed by atoms with Crippen LogP contribution >= 0.6 is 0 Å². The molecule has 1 N–H and O–H groups in total. The van der Waals surface area contributed by atoms with Crippen LogP contribution in [0.5, 0.6) is 17.2 Å². The SMILES string of the molecule is CCN(CC)C(=O)C1CCCN(c2cc(C(=O)Nc3cc(OC)c(OC)c(OC)c3)ccn2)C1. The van der Waals surface area contributed by atoms with Gasteiger partial charge in [-0.2, -0.15) is 0 Å². The van der Waals surface area contributed by atoms with Gasteiger partial charge in [-0.1, -0.05) is 0 Å².